The van der Waals surface area contributed by atoms with Crippen LogP contribution in [0.5, 0.6) is 0 Å². The summed E-state index contributed by atoms with van der Waals surface area (Å²) >= 11 is 0. The number of halogens is 3. The van der Waals surface area contributed by atoms with Crippen LogP contribution in [-0.2, 0) is 12.6 Å². The summed E-state index contributed by atoms with van der Waals surface area (Å²) in [7, 11) is 0. The highest BCUT2D eigenvalue weighted by atomic mass is 19.4. The lowest BCUT2D eigenvalue weighted by molar-refractivity contribution is -0.140. The molecule has 0 atom stereocenters. The normalized spacial score (nSPS) is 12.0. The van der Waals surface area contributed by atoms with Gasteiger partial charge in [0.25, 0.3) is 0 Å². The van der Waals surface area contributed by atoms with Crippen molar-refractivity contribution in [1.29, 1.82) is 0 Å². The molecule has 0 aromatic carbocycles. The van der Waals surface area contributed by atoms with E-state index in [-0.39, 0.29) is 0 Å². The van der Waals surface area contributed by atoms with Crippen molar-refractivity contribution < 1.29 is 13.2 Å². The van der Waals surface area contributed by atoms with Gasteiger partial charge in [-0.15, -0.1) is 0 Å². The number of rotatable bonds is 2. The summed E-state index contributed by atoms with van der Waals surface area (Å²) in [4.78, 5) is 5.81. The number of H-pyrrole nitrogens is 1. The smallest absolute Gasteiger partial charge is 0.338 e. The van der Waals surface area contributed by atoms with Crippen molar-refractivity contribution in [3.05, 3.63) is 17.7 Å². The Labute approximate surface area is 67.8 Å². The fraction of sp³-hybridized carbons (Fsp3) is 0.571. The molecule has 0 saturated carbocycles. The maximum Gasteiger partial charge on any atom is 0.432 e. The molecule has 0 spiro atoms. The van der Waals surface area contributed by atoms with Crippen molar-refractivity contribution in [2.75, 3.05) is 0 Å². The number of hydrogen-bond acceptors (Lipinski definition) is 1. The summed E-state index contributed by atoms with van der Waals surface area (Å²) in [6, 6.07) is 0. The lowest BCUT2D eigenvalue weighted by Crippen LogP contribution is -2.05. The number of nitrogens with zero attached hydrogens (tertiary/aromatic N) is 1. The van der Waals surface area contributed by atoms with Crippen molar-refractivity contribution in [2.24, 2.45) is 0 Å². The molecule has 0 aliphatic carbocycles. The molecule has 12 heavy (non-hydrogen) atoms. The summed E-state index contributed by atoms with van der Waals surface area (Å²) in [5.74, 6) is 0.393. The number of aromatic amines is 1. The SMILES string of the molecule is CCCc1ncc(C(F)(F)F)[nH]1. The summed E-state index contributed by atoms with van der Waals surface area (Å²) in [6.07, 6.45) is -2.15. The van der Waals surface area contributed by atoms with Crippen LogP contribution in [0.25, 0.3) is 0 Å². The highest BCUT2D eigenvalue weighted by Gasteiger charge is 2.32. The second-order valence-electron chi connectivity index (χ2n) is 2.49. The molecule has 0 aliphatic heterocycles. The Morgan fingerprint density at radius 3 is 2.58 bits per heavy atom. The maximum atomic E-state index is 12.0. The first-order chi connectivity index (χ1) is 5.54. The van der Waals surface area contributed by atoms with E-state index >= 15 is 0 Å². The number of alkyl halides is 3. The van der Waals surface area contributed by atoms with Gasteiger partial charge in [-0.3, -0.25) is 0 Å². The Bertz CT molecular complexity index is 251. The van der Waals surface area contributed by atoms with Crippen molar-refractivity contribution in [3.8, 4) is 0 Å². The van der Waals surface area contributed by atoms with E-state index in [4.69, 9.17) is 0 Å². The van der Waals surface area contributed by atoms with Gasteiger partial charge in [0.15, 0.2) is 0 Å². The standard InChI is InChI=1S/C7H9F3N2/c1-2-3-6-11-4-5(12-6)7(8,9)10/h4H,2-3H2,1H3,(H,11,12). The summed E-state index contributed by atoms with van der Waals surface area (Å²) in [5, 5.41) is 0. The zero-order valence-corrected chi connectivity index (χ0v) is 6.57. The monoisotopic (exact) mass is 178 g/mol. The molecule has 0 unspecified atom stereocenters. The molecule has 1 rings (SSSR count). The van der Waals surface area contributed by atoms with Gasteiger partial charge >= 0.3 is 6.18 Å². The molecule has 5 heteroatoms. The predicted octanol–water partition coefficient (Wildman–Crippen LogP) is 2.38. The van der Waals surface area contributed by atoms with Gasteiger partial charge in [0.2, 0.25) is 0 Å². The van der Waals surface area contributed by atoms with Gasteiger partial charge in [-0.25, -0.2) is 4.98 Å². The average Bonchev–Trinajstić information content (AvgIpc) is 2.35. The van der Waals surface area contributed by atoms with Crippen molar-refractivity contribution in [3.63, 3.8) is 0 Å². The fourth-order valence-corrected chi connectivity index (χ4v) is 0.870. The zero-order valence-electron chi connectivity index (χ0n) is 6.57. The van der Waals surface area contributed by atoms with E-state index in [1.807, 2.05) is 6.92 Å². The van der Waals surface area contributed by atoms with Crippen LogP contribution in [0.4, 0.5) is 13.2 Å². The van der Waals surface area contributed by atoms with E-state index < -0.39 is 11.9 Å². The molecule has 1 aromatic heterocycles. The van der Waals surface area contributed by atoms with Crippen molar-refractivity contribution in [1.82, 2.24) is 9.97 Å². The van der Waals surface area contributed by atoms with Crippen LogP contribution in [-0.4, -0.2) is 9.97 Å². The minimum Gasteiger partial charge on any atom is -0.338 e. The van der Waals surface area contributed by atoms with E-state index in [0.717, 1.165) is 12.6 Å². The van der Waals surface area contributed by atoms with Crippen LogP contribution in [0.1, 0.15) is 24.9 Å². The molecule has 0 aliphatic rings. The Morgan fingerprint density at radius 1 is 1.50 bits per heavy atom. The molecule has 2 nitrogen and oxygen atoms in total. The van der Waals surface area contributed by atoms with E-state index in [1.165, 1.54) is 0 Å². The lowest BCUT2D eigenvalue weighted by Gasteiger charge is -2.00. The second-order valence-corrected chi connectivity index (χ2v) is 2.49. The molecule has 0 saturated heterocycles. The Kier molecular flexibility index (Phi) is 2.40. The van der Waals surface area contributed by atoms with Crippen LogP contribution in [0.3, 0.4) is 0 Å². The summed E-state index contributed by atoms with van der Waals surface area (Å²) in [6.45, 7) is 1.88. The minimum absolute atomic E-state index is 0.393. The minimum atomic E-state index is -4.31. The number of hydrogen-bond donors (Lipinski definition) is 1. The molecular weight excluding hydrogens is 169 g/mol. The first-order valence-electron chi connectivity index (χ1n) is 3.65. The van der Waals surface area contributed by atoms with E-state index in [1.54, 1.807) is 0 Å². The third-order valence-electron chi connectivity index (χ3n) is 1.42. The highest BCUT2D eigenvalue weighted by Crippen LogP contribution is 2.27. The van der Waals surface area contributed by atoms with Crippen molar-refractivity contribution >= 4 is 0 Å². The van der Waals surface area contributed by atoms with Gasteiger partial charge in [-0.1, -0.05) is 6.92 Å². The first-order valence-corrected chi connectivity index (χ1v) is 3.65. The molecule has 1 heterocycles. The van der Waals surface area contributed by atoms with E-state index in [2.05, 4.69) is 9.97 Å². The molecule has 0 bridgehead atoms. The van der Waals surface area contributed by atoms with Crippen LogP contribution < -0.4 is 0 Å². The number of nitrogens with one attached hydrogen (secondary N) is 1. The van der Waals surface area contributed by atoms with Gasteiger partial charge in [0.05, 0.1) is 6.20 Å². The maximum absolute atomic E-state index is 12.0. The third kappa shape index (κ3) is 1.99. The predicted molar refractivity (Wildman–Crippen MR) is 37.6 cm³/mol. The highest BCUT2D eigenvalue weighted by molar-refractivity contribution is 5.04. The van der Waals surface area contributed by atoms with Gasteiger partial charge in [-0.05, 0) is 6.42 Å². The molecule has 68 valence electrons. The number of imidazole rings is 1. The van der Waals surface area contributed by atoms with Crippen molar-refractivity contribution in [2.45, 2.75) is 25.9 Å². The molecule has 1 aromatic rings. The van der Waals surface area contributed by atoms with Crippen LogP contribution in [0, 0.1) is 0 Å². The van der Waals surface area contributed by atoms with Gasteiger partial charge in [-0.2, -0.15) is 13.2 Å². The molecular formula is C7H9F3N2. The summed E-state index contributed by atoms with van der Waals surface area (Å²) < 4.78 is 35.9. The Hall–Kier alpha value is -1.00. The Balaban J connectivity index is 2.77. The fourth-order valence-electron chi connectivity index (χ4n) is 0.870. The quantitative estimate of drug-likeness (QED) is 0.739. The molecule has 0 amide bonds. The van der Waals surface area contributed by atoms with Gasteiger partial charge in [0.1, 0.15) is 11.5 Å². The van der Waals surface area contributed by atoms with Crippen LogP contribution >= 0.6 is 0 Å². The topological polar surface area (TPSA) is 28.7 Å². The average molecular weight is 178 g/mol. The first kappa shape index (κ1) is 9.09. The van der Waals surface area contributed by atoms with Gasteiger partial charge < -0.3 is 4.98 Å². The molecule has 0 fully saturated rings. The Morgan fingerprint density at radius 2 is 2.17 bits per heavy atom. The zero-order chi connectivity index (χ0) is 9.19. The van der Waals surface area contributed by atoms with Crippen LogP contribution in [0.15, 0.2) is 6.20 Å². The third-order valence-corrected chi connectivity index (χ3v) is 1.42. The molecule has 1 N–H and O–H groups in total. The number of aryl methyl sites for hydroxylation is 1. The van der Waals surface area contributed by atoms with Crippen LogP contribution in [0.2, 0.25) is 0 Å². The summed E-state index contributed by atoms with van der Waals surface area (Å²) in [5.41, 5.74) is -0.772. The molecule has 0 radical (unpaired) electrons. The largest absolute Gasteiger partial charge is 0.432 e. The van der Waals surface area contributed by atoms with E-state index in [0.29, 0.717) is 12.2 Å². The number of aromatic nitrogens is 2. The van der Waals surface area contributed by atoms with Gasteiger partial charge in [0, 0.05) is 6.42 Å². The second kappa shape index (κ2) is 3.16. The van der Waals surface area contributed by atoms with E-state index in [9.17, 15) is 13.2 Å². The lowest BCUT2D eigenvalue weighted by atomic mass is 10.3.